The average molecular weight is 173 g/mol. The normalized spacial score (nSPS) is 16.6. The number of fused-ring (bicyclic) bond motifs is 1. The molecule has 0 unspecified atom stereocenters. The molecular weight excluding hydrogens is 164 g/mol. The number of rotatable bonds is 1. The van der Waals surface area contributed by atoms with E-state index < -0.39 is 6.43 Å². The number of imidazole rings is 1. The molecule has 0 radical (unpaired) electrons. The molecule has 2 heterocycles. The van der Waals surface area contributed by atoms with Gasteiger partial charge in [0, 0.05) is 13.1 Å². The van der Waals surface area contributed by atoms with E-state index in [2.05, 4.69) is 10.3 Å². The maximum Gasteiger partial charge on any atom is 0.280 e. The van der Waals surface area contributed by atoms with Gasteiger partial charge in [-0.2, -0.15) is 0 Å². The molecule has 66 valence electrons. The van der Waals surface area contributed by atoms with E-state index in [1.165, 1.54) is 6.20 Å². The lowest BCUT2D eigenvalue weighted by Gasteiger charge is -2.16. The Kier molecular flexibility index (Phi) is 1.80. The van der Waals surface area contributed by atoms with Crippen LogP contribution in [0.3, 0.4) is 0 Å². The predicted molar refractivity (Wildman–Crippen MR) is 38.9 cm³/mol. The highest BCUT2D eigenvalue weighted by atomic mass is 19.3. The van der Waals surface area contributed by atoms with Crippen molar-refractivity contribution in [2.45, 2.75) is 19.5 Å². The van der Waals surface area contributed by atoms with Gasteiger partial charge in [0.1, 0.15) is 11.5 Å². The highest BCUT2D eigenvalue weighted by Gasteiger charge is 2.19. The summed E-state index contributed by atoms with van der Waals surface area (Å²) in [7, 11) is 0. The molecule has 5 heteroatoms. The van der Waals surface area contributed by atoms with Gasteiger partial charge in [0.15, 0.2) is 0 Å². The Morgan fingerprint density at radius 1 is 1.58 bits per heavy atom. The first-order chi connectivity index (χ1) is 5.79. The minimum absolute atomic E-state index is 0.0338. The Hall–Kier alpha value is -0.970. The van der Waals surface area contributed by atoms with E-state index >= 15 is 0 Å². The summed E-state index contributed by atoms with van der Waals surface area (Å²) in [5.74, 6) is 0.705. The van der Waals surface area contributed by atoms with E-state index in [9.17, 15) is 8.78 Å². The SMILES string of the molecule is FC(F)c1cnc2n1CCNC2. The Morgan fingerprint density at radius 3 is 3.17 bits per heavy atom. The smallest absolute Gasteiger partial charge is 0.280 e. The molecule has 0 fully saturated rings. The Bertz CT molecular complexity index is 282. The number of hydrogen-bond acceptors (Lipinski definition) is 2. The highest BCUT2D eigenvalue weighted by Crippen LogP contribution is 2.20. The minimum atomic E-state index is -2.41. The number of alkyl halides is 2. The first-order valence-electron chi connectivity index (χ1n) is 3.82. The number of hydrogen-bond donors (Lipinski definition) is 1. The van der Waals surface area contributed by atoms with Gasteiger partial charge in [0.25, 0.3) is 6.43 Å². The summed E-state index contributed by atoms with van der Waals surface area (Å²) in [6.45, 7) is 1.92. The summed E-state index contributed by atoms with van der Waals surface area (Å²) in [6, 6.07) is 0. The van der Waals surface area contributed by atoms with Crippen LogP contribution in [-0.2, 0) is 13.1 Å². The molecule has 0 saturated carbocycles. The first-order valence-corrected chi connectivity index (χ1v) is 3.82. The fraction of sp³-hybridized carbons (Fsp3) is 0.571. The molecular formula is C7H9F2N3. The van der Waals surface area contributed by atoms with Gasteiger partial charge in [-0.15, -0.1) is 0 Å². The highest BCUT2D eigenvalue weighted by molar-refractivity contribution is 5.08. The van der Waals surface area contributed by atoms with Gasteiger partial charge in [0.05, 0.1) is 12.7 Å². The summed E-state index contributed by atoms with van der Waals surface area (Å²) in [5, 5.41) is 3.06. The third-order valence-corrected chi connectivity index (χ3v) is 1.99. The molecule has 2 rings (SSSR count). The van der Waals surface area contributed by atoms with E-state index in [-0.39, 0.29) is 5.69 Å². The second kappa shape index (κ2) is 2.82. The molecule has 1 aliphatic heterocycles. The van der Waals surface area contributed by atoms with Crippen molar-refractivity contribution in [3.8, 4) is 0 Å². The monoisotopic (exact) mass is 173 g/mol. The fourth-order valence-corrected chi connectivity index (χ4v) is 1.39. The van der Waals surface area contributed by atoms with Crippen molar-refractivity contribution in [2.24, 2.45) is 0 Å². The second-order valence-corrected chi connectivity index (χ2v) is 2.73. The summed E-state index contributed by atoms with van der Waals surface area (Å²) in [4.78, 5) is 3.90. The molecule has 1 N–H and O–H groups in total. The van der Waals surface area contributed by atoms with Crippen LogP contribution in [0.4, 0.5) is 8.78 Å². The standard InChI is InChI=1S/C7H9F2N3/c8-7(9)5-3-11-6-4-10-1-2-12(5)6/h3,7,10H,1-2,4H2. The topological polar surface area (TPSA) is 29.9 Å². The molecule has 0 amide bonds. The molecule has 0 spiro atoms. The largest absolute Gasteiger partial charge is 0.325 e. The molecule has 3 nitrogen and oxygen atoms in total. The van der Waals surface area contributed by atoms with E-state index in [4.69, 9.17) is 0 Å². The van der Waals surface area contributed by atoms with E-state index in [0.29, 0.717) is 18.9 Å². The third-order valence-electron chi connectivity index (χ3n) is 1.99. The maximum absolute atomic E-state index is 12.3. The number of halogens is 2. The van der Waals surface area contributed by atoms with Gasteiger partial charge in [0.2, 0.25) is 0 Å². The number of nitrogens with zero attached hydrogens (tertiary/aromatic N) is 2. The van der Waals surface area contributed by atoms with Crippen molar-refractivity contribution in [3.63, 3.8) is 0 Å². The van der Waals surface area contributed by atoms with Gasteiger partial charge in [-0.3, -0.25) is 0 Å². The van der Waals surface area contributed by atoms with Gasteiger partial charge >= 0.3 is 0 Å². The number of nitrogens with one attached hydrogen (secondary N) is 1. The molecule has 12 heavy (non-hydrogen) atoms. The molecule has 0 saturated heterocycles. The lowest BCUT2D eigenvalue weighted by Crippen LogP contribution is -2.29. The zero-order chi connectivity index (χ0) is 8.55. The van der Waals surface area contributed by atoms with Crippen LogP contribution < -0.4 is 5.32 Å². The molecule has 0 bridgehead atoms. The zero-order valence-corrected chi connectivity index (χ0v) is 6.43. The van der Waals surface area contributed by atoms with Crippen LogP contribution in [0.25, 0.3) is 0 Å². The summed E-state index contributed by atoms with van der Waals surface area (Å²) < 4.78 is 26.2. The first kappa shape index (κ1) is 7.67. The van der Waals surface area contributed by atoms with Gasteiger partial charge in [-0.1, -0.05) is 0 Å². The van der Waals surface area contributed by atoms with Gasteiger partial charge in [-0.25, -0.2) is 13.8 Å². The fourth-order valence-electron chi connectivity index (χ4n) is 1.39. The van der Waals surface area contributed by atoms with Crippen molar-refractivity contribution >= 4 is 0 Å². The second-order valence-electron chi connectivity index (χ2n) is 2.73. The maximum atomic E-state index is 12.3. The Labute approximate surface area is 68.4 Å². The molecule has 0 atom stereocenters. The summed E-state index contributed by atoms with van der Waals surface area (Å²) >= 11 is 0. The van der Waals surface area contributed by atoms with Crippen LogP contribution in [-0.4, -0.2) is 16.1 Å². The van der Waals surface area contributed by atoms with E-state index in [1.807, 2.05) is 0 Å². The van der Waals surface area contributed by atoms with E-state index in [0.717, 1.165) is 6.54 Å². The van der Waals surface area contributed by atoms with Crippen molar-refractivity contribution in [2.75, 3.05) is 6.54 Å². The van der Waals surface area contributed by atoms with Gasteiger partial charge in [-0.05, 0) is 0 Å². The Balaban J connectivity index is 2.38. The van der Waals surface area contributed by atoms with Crippen LogP contribution >= 0.6 is 0 Å². The summed E-state index contributed by atoms with van der Waals surface area (Å²) in [6.07, 6.45) is -1.16. The van der Waals surface area contributed by atoms with Crippen LogP contribution in [0.2, 0.25) is 0 Å². The van der Waals surface area contributed by atoms with Crippen molar-refractivity contribution < 1.29 is 8.78 Å². The van der Waals surface area contributed by atoms with Gasteiger partial charge < -0.3 is 9.88 Å². The lowest BCUT2D eigenvalue weighted by molar-refractivity contribution is 0.139. The third kappa shape index (κ3) is 1.10. The molecule has 1 aliphatic rings. The minimum Gasteiger partial charge on any atom is -0.325 e. The Morgan fingerprint density at radius 2 is 2.42 bits per heavy atom. The zero-order valence-electron chi connectivity index (χ0n) is 6.43. The van der Waals surface area contributed by atoms with Crippen LogP contribution in [0.1, 0.15) is 17.9 Å². The number of aromatic nitrogens is 2. The molecule has 1 aromatic rings. The summed E-state index contributed by atoms with van der Waals surface area (Å²) in [5.41, 5.74) is 0.0338. The quantitative estimate of drug-likeness (QED) is 0.684. The molecule has 0 aliphatic carbocycles. The van der Waals surface area contributed by atoms with Crippen molar-refractivity contribution in [1.29, 1.82) is 0 Å². The molecule has 1 aromatic heterocycles. The molecule has 0 aromatic carbocycles. The van der Waals surface area contributed by atoms with Crippen molar-refractivity contribution in [1.82, 2.24) is 14.9 Å². The van der Waals surface area contributed by atoms with E-state index in [1.54, 1.807) is 4.57 Å². The van der Waals surface area contributed by atoms with Crippen LogP contribution in [0.5, 0.6) is 0 Å². The predicted octanol–water partition coefficient (Wildman–Crippen LogP) is 0.924. The van der Waals surface area contributed by atoms with Crippen LogP contribution in [0, 0.1) is 0 Å². The van der Waals surface area contributed by atoms with Crippen molar-refractivity contribution in [3.05, 3.63) is 17.7 Å². The lowest BCUT2D eigenvalue weighted by atomic mass is 10.4. The van der Waals surface area contributed by atoms with Crippen LogP contribution in [0.15, 0.2) is 6.20 Å². The average Bonchev–Trinajstić information content (AvgIpc) is 2.47.